The van der Waals surface area contributed by atoms with Crippen molar-refractivity contribution in [2.24, 2.45) is 0 Å². The minimum absolute atomic E-state index is 0.355. The number of hydrogen-bond donors (Lipinski definition) is 0. The predicted molar refractivity (Wildman–Crippen MR) is 121 cm³/mol. The normalized spacial score (nSPS) is 10.9. The molecule has 0 aliphatic carbocycles. The first-order valence-corrected chi connectivity index (χ1v) is 9.99. The monoisotopic (exact) mass is 400 g/mol. The molecule has 144 valence electrons. The van der Waals surface area contributed by atoms with Crippen LogP contribution in [0.2, 0.25) is 5.02 Å². The van der Waals surface area contributed by atoms with Crippen molar-refractivity contribution in [3.63, 3.8) is 0 Å². The van der Waals surface area contributed by atoms with Crippen LogP contribution in [0.5, 0.6) is 0 Å². The molecule has 0 spiro atoms. The lowest BCUT2D eigenvalue weighted by molar-refractivity contribution is 0.0602. The molecule has 0 aliphatic heterocycles. The van der Waals surface area contributed by atoms with Crippen LogP contribution in [0.4, 0.5) is 0 Å². The lowest BCUT2D eigenvalue weighted by Gasteiger charge is -2.18. The summed E-state index contributed by atoms with van der Waals surface area (Å²) in [5.41, 5.74) is 5.69. The Kier molecular flexibility index (Phi) is 5.37. The van der Waals surface area contributed by atoms with Gasteiger partial charge < -0.3 is 4.74 Å². The summed E-state index contributed by atoms with van der Waals surface area (Å²) < 4.78 is 5.13. The summed E-state index contributed by atoms with van der Waals surface area (Å²) in [6.45, 7) is 2.14. The maximum atomic E-state index is 12.8. The van der Waals surface area contributed by atoms with E-state index in [1.165, 1.54) is 12.7 Å². The van der Waals surface area contributed by atoms with Crippen LogP contribution in [0.3, 0.4) is 0 Å². The fourth-order valence-corrected chi connectivity index (χ4v) is 3.87. The quantitative estimate of drug-likeness (QED) is 0.339. The van der Waals surface area contributed by atoms with Crippen molar-refractivity contribution >= 4 is 28.3 Å². The Morgan fingerprint density at radius 1 is 0.862 bits per heavy atom. The molecule has 4 aromatic carbocycles. The lowest BCUT2D eigenvalue weighted by Crippen LogP contribution is -2.05. The number of halogens is 1. The van der Waals surface area contributed by atoms with Crippen molar-refractivity contribution in [3.05, 3.63) is 95.0 Å². The SMILES string of the molecule is CCc1ccc(-c2c(-c3ccc(Cl)cc3)c(C(=O)OC)cc3ccccc23)cc1. The molecule has 0 unspecified atom stereocenters. The molecule has 0 heterocycles. The molecule has 3 heteroatoms. The molecule has 4 aromatic rings. The third-order valence-corrected chi connectivity index (χ3v) is 5.49. The van der Waals surface area contributed by atoms with Gasteiger partial charge in [-0.2, -0.15) is 0 Å². The van der Waals surface area contributed by atoms with Crippen molar-refractivity contribution in [1.82, 2.24) is 0 Å². The van der Waals surface area contributed by atoms with Crippen molar-refractivity contribution in [2.45, 2.75) is 13.3 Å². The molecule has 29 heavy (non-hydrogen) atoms. The average Bonchev–Trinajstić information content (AvgIpc) is 2.78. The minimum Gasteiger partial charge on any atom is -0.465 e. The molecular weight excluding hydrogens is 380 g/mol. The molecule has 0 saturated carbocycles. The first kappa shape index (κ1) is 19.2. The zero-order chi connectivity index (χ0) is 20.4. The van der Waals surface area contributed by atoms with Gasteiger partial charge in [-0.25, -0.2) is 4.79 Å². The van der Waals surface area contributed by atoms with Crippen LogP contribution in [0.25, 0.3) is 33.0 Å². The Hall–Kier alpha value is -3.10. The Morgan fingerprint density at radius 3 is 2.14 bits per heavy atom. The van der Waals surface area contributed by atoms with Crippen molar-refractivity contribution < 1.29 is 9.53 Å². The number of carbonyl (C=O) groups excluding carboxylic acids is 1. The second kappa shape index (κ2) is 8.10. The third kappa shape index (κ3) is 3.64. The molecule has 0 atom stereocenters. The van der Waals surface area contributed by atoms with Crippen molar-refractivity contribution in [3.8, 4) is 22.3 Å². The van der Waals surface area contributed by atoms with Crippen molar-refractivity contribution in [1.29, 1.82) is 0 Å². The highest BCUT2D eigenvalue weighted by Gasteiger charge is 2.21. The lowest BCUT2D eigenvalue weighted by atomic mass is 9.86. The highest BCUT2D eigenvalue weighted by molar-refractivity contribution is 6.30. The van der Waals surface area contributed by atoms with Crippen LogP contribution in [0.15, 0.2) is 78.9 Å². The van der Waals surface area contributed by atoms with Crippen LogP contribution >= 0.6 is 11.6 Å². The smallest absolute Gasteiger partial charge is 0.338 e. The summed E-state index contributed by atoms with van der Waals surface area (Å²) in [5, 5.41) is 2.75. The number of carbonyl (C=O) groups is 1. The van der Waals surface area contributed by atoms with E-state index in [2.05, 4.69) is 37.3 Å². The standard InChI is InChI=1S/C26H21ClO2/c1-3-17-8-10-18(11-9-17)24-22-7-5-4-6-20(22)16-23(26(28)29-2)25(24)19-12-14-21(27)15-13-19/h4-16H,3H2,1-2H3. The van der Waals surface area contributed by atoms with Gasteiger partial charge in [0.15, 0.2) is 0 Å². The van der Waals surface area contributed by atoms with Gasteiger partial charge >= 0.3 is 5.97 Å². The number of hydrogen-bond acceptors (Lipinski definition) is 2. The maximum Gasteiger partial charge on any atom is 0.338 e. The molecule has 0 aromatic heterocycles. The van der Waals surface area contributed by atoms with Crippen LogP contribution < -0.4 is 0 Å². The van der Waals surface area contributed by atoms with Gasteiger partial charge in [0.05, 0.1) is 12.7 Å². The van der Waals surface area contributed by atoms with Crippen LogP contribution in [0.1, 0.15) is 22.8 Å². The second-order valence-corrected chi connectivity index (χ2v) is 7.38. The molecule has 2 nitrogen and oxygen atoms in total. The first-order valence-electron chi connectivity index (χ1n) is 9.61. The fraction of sp³-hybridized carbons (Fsp3) is 0.115. The number of ether oxygens (including phenoxy) is 1. The van der Waals surface area contributed by atoms with Crippen molar-refractivity contribution in [2.75, 3.05) is 7.11 Å². The topological polar surface area (TPSA) is 26.3 Å². The number of methoxy groups -OCH3 is 1. The molecular formula is C26H21ClO2. The summed E-state index contributed by atoms with van der Waals surface area (Å²) in [4.78, 5) is 12.8. The van der Waals surface area contributed by atoms with Gasteiger partial charge in [-0.15, -0.1) is 0 Å². The van der Waals surface area contributed by atoms with Gasteiger partial charge in [0, 0.05) is 10.6 Å². The number of esters is 1. The maximum absolute atomic E-state index is 12.8. The molecule has 0 bridgehead atoms. The molecule has 0 aliphatic rings. The molecule has 0 fully saturated rings. The number of fused-ring (bicyclic) bond motifs is 1. The van der Waals surface area contributed by atoms with E-state index in [-0.39, 0.29) is 5.97 Å². The second-order valence-electron chi connectivity index (χ2n) is 6.94. The zero-order valence-electron chi connectivity index (χ0n) is 16.4. The summed E-state index contributed by atoms with van der Waals surface area (Å²) in [6.07, 6.45) is 0.979. The highest BCUT2D eigenvalue weighted by atomic mass is 35.5. The minimum atomic E-state index is -0.355. The molecule has 0 saturated heterocycles. The van der Waals surface area contributed by atoms with Crippen LogP contribution in [-0.4, -0.2) is 13.1 Å². The Labute approximate surface area is 175 Å². The molecule has 4 rings (SSSR count). The number of rotatable bonds is 4. The van der Waals surface area contributed by atoms with Gasteiger partial charge in [0.1, 0.15) is 0 Å². The van der Waals surface area contributed by atoms with E-state index in [1.54, 1.807) is 0 Å². The number of aryl methyl sites for hydroxylation is 1. The van der Waals surface area contributed by atoms with E-state index < -0.39 is 0 Å². The van der Waals surface area contributed by atoms with Gasteiger partial charge in [-0.1, -0.05) is 79.2 Å². The summed E-state index contributed by atoms with van der Waals surface area (Å²) >= 11 is 6.12. The van der Waals surface area contributed by atoms with Gasteiger partial charge in [-0.3, -0.25) is 0 Å². The third-order valence-electron chi connectivity index (χ3n) is 5.24. The van der Waals surface area contributed by atoms with Gasteiger partial charge in [-0.05, 0) is 57.6 Å². The Morgan fingerprint density at radius 2 is 1.48 bits per heavy atom. The summed E-state index contributed by atoms with van der Waals surface area (Å²) in [6, 6.07) is 26.2. The van der Waals surface area contributed by atoms with E-state index in [4.69, 9.17) is 16.3 Å². The van der Waals surface area contributed by atoms with Gasteiger partial charge in [0.2, 0.25) is 0 Å². The Bertz CT molecular complexity index is 1180. The zero-order valence-corrected chi connectivity index (χ0v) is 17.2. The summed E-state index contributed by atoms with van der Waals surface area (Å²) in [7, 11) is 1.42. The molecule has 0 radical (unpaired) electrons. The highest BCUT2D eigenvalue weighted by Crippen LogP contribution is 2.41. The van der Waals surface area contributed by atoms with Crippen LogP contribution in [0, 0.1) is 0 Å². The van der Waals surface area contributed by atoms with Gasteiger partial charge in [0.25, 0.3) is 0 Å². The number of benzene rings is 4. The average molecular weight is 401 g/mol. The van der Waals surface area contributed by atoms with E-state index in [1.807, 2.05) is 48.5 Å². The van der Waals surface area contributed by atoms with E-state index in [0.29, 0.717) is 10.6 Å². The molecule has 0 N–H and O–H groups in total. The van der Waals surface area contributed by atoms with E-state index in [9.17, 15) is 4.79 Å². The Balaban J connectivity index is 2.13. The fourth-order valence-electron chi connectivity index (χ4n) is 3.74. The van der Waals surface area contributed by atoms with Crippen LogP contribution in [-0.2, 0) is 11.2 Å². The largest absolute Gasteiger partial charge is 0.465 e. The van der Waals surface area contributed by atoms with E-state index >= 15 is 0 Å². The predicted octanol–water partition coefficient (Wildman–Crippen LogP) is 7.18. The first-order chi connectivity index (χ1) is 14.1. The summed E-state index contributed by atoms with van der Waals surface area (Å²) in [5.74, 6) is -0.355. The van der Waals surface area contributed by atoms with E-state index in [0.717, 1.165) is 39.4 Å². The molecule has 0 amide bonds.